The van der Waals surface area contributed by atoms with Gasteiger partial charge in [-0.15, -0.1) is 0 Å². The highest BCUT2D eigenvalue weighted by Crippen LogP contribution is 2.49. The van der Waals surface area contributed by atoms with E-state index in [-0.39, 0.29) is 0 Å². The van der Waals surface area contributed by atoms with Crippen LogP contribution in [0, 0.1) is 10.8 Å². The molecule has 0 spiro atoms. The van der Waals surface area contributed by atoms with Crippen LogP contribution in [-0.4, -0.2) is 5.11 Å². The van der Waals surface area contributed by atoms with Crippen LogP contribution in [0.4, 0.5) is 0 Å². The van der Waals surface area contributed by atoms with Gasteiger partial charge in [0, 0.05) is 0 Å². The number of benzene rings is 1. The van der Waals surface area contributed by atoms with E-state index in [0.29, 0.717) is 16.6 Å². The lowest BCUT2D eigenvalue weighted by molar-refractivity contribution is 0.364. The Morgan fingerprint density at radius 2 is 1.81 bits per heavy atom. The van der Waals surface area contributed by atoms with Crippen molar-refractivity contribution in [3.63, 3.8) is 0 Å². The molecule has 1 aliphatic carbocycles. The summed E-state index contributed by atoms with van der Waals surface area (Å²) in [5, 5.41) is 10.2. The second-order valence-electron chi connectivity index (χ2n) is 8.54. The van der Waals surface area contributed by atoms with Crippen molar-refractivity contribution < 1.29 is 5.11 Å². The molecule has 1 nitrogen and oxygen atoms in total. The lowest BCUT2D eigenvalue weighted by atomic mass is 9.88. The molecule has 118 valence electrons. The topological polar surface area (TPSA) is 20.2 Å². The van der Waals surface area contributed by atoms with Gasteiger partial charge in [0.2, 0.25) is 0 Å². The molecular weight excluding hydrogens is 256 g/mol. The van der Waals surface area contributed by atoms with Crippen molar-refractivity contribution in [3.8, 4) is 5.75 Å². The average Bonchev–Trinajstić information content (AvgIpc) is 3.09. The summed E-state index contributed by atoms with van der Waals surface area (Å²) in [7, 11) is 0. The van der Waals surface area contributed by atoms with Crippen molar-refractivity contribution in [2.45, 2.75) is 79.1 Å². The Morgan fingerprint density at radius 1 is 1.10 bits per heavy atom. The molecule has 0 heterocycles. The van der Waals surface area contributed by atoms with Crippen LogP contribution in [0.2, 0.25) is 0 Å². The van der Waals surface area contributed by atoms with Crippen molar-refractivity contribution in [2.75, 3.05) is 0 Å². The van der Waals surface area contributed by atoms with Crippen molar-refractivity contribution in [2.24, 2.45) is 10.8 Å². The molecule has 0 radical (unpaired) electrons. The Balaban J connectivity index is 1.79. The molecule has 1 aliphatic rings. The molecule has 0 amide bonds. The van der Waals surface area contributed by atoms with E-state index in [9.17, 15) is 5.11 Å². The summed E-state index contributed by atoms with van der Waals surface area (Å²) < 4.78 is 0. The Kier molecular flexibility index (Phi) is 5.01. The fourth-order valence-electron chi connectivity index (χ4n) is 2.97. The number of phenols is 1. The number of aryl methyl sites for hydroxylation is 2. The van der Waals surface area contributed by atoms with Gasteiger partial charge in [-0.2, -0.15) is 0 Å². The Hall–Kier alpha value is -0.980. The molecule has 0 saturated heterocycles. The van der Waals surface area contributed by atoms with Gasteiger partial charge >= 0.3 is 0 Å². The van der Waals surface area contributed by atoms with Crippen LogP contribution in [0.3, 0.4) is 0 Å². The van der Waals surface area contributed by atoms with Crippen molar-refractivity contribution in [1.29, 1.82) is 0 Å². The average molecular weight is 288 g/mol. The minimum atomic E-state index is 0.383. The Labute approximate surface area is 130 Å². The number of hydrogen-bond donors (Lipinski definition) is 1. The van der Waals surface area contributed by atoms with E-state index >= 15 is 0 Å². The van der Waals surface area contributed by atoms with Crippen molar-refractivity contribution >= 4 is 0 Å². The van der Waals surface area contributed by atoms with Gasteiger partial charge in [-0.1, -0.05) is 39.8 Å². The standard InChI is InChI=1S/C20H32O/c1-19(2,3)11-6-8-17-10-9-16(15-18(17)21)7-5-12-20(4)13-14-20/h9-10,15,21H,5-8,11-14H2,1-4H3. The number of rotatable bonds is 7. The van der Waals surface area contributed by atoms with E-state index in [1.54, 1.807) is 0 Å². The fourth-order valence-corrected chi connectivity index (χ4v) is 2.97. The van der Waals surface area contributed by atoms with Crippen molar-refractivity contribution in [1.82, 2.24) is 0 Å². The summed E-state index contributed by atoms with van der Waals surface area (Å²) in [4.78, 5) is 0. The maximum absolute atomic E-state index is 10.2. The minimum absolute atomic E-state index is 0.383. The minimum Gasteiger partial charge on any atom is -0.508 e. The predicted molar refractivity (Wildman–Crippen MR) is 90.8 cm³/mol. The van der Waals surface area contributed by atoms with E-state index in [4.69, 9.17) is 0 Å². The first-order valence-corrected chi connectivity index (χ1v) is 8.58. The molecular formula is C20H32O. The van der Waals surface area contributed by atoms with Gasteiger partial charge in [0.05, 0.1) is 0 Å². The molecule has 21 heavy (non-hydrogen) atoms. The van der Waals surface area contributed by atoms with Crippen LogP contribution in [0.1, 0.15) is 77.3 Å². The molecule has 2 rings (SSSR count). The molecule has 0 aromatic heterocycles. The summed E-state index contributed by atoms with van der Waals surface area (Å²) >= 11 is 0. The lowest BCUT2D eigenvalue weighted by Crippen LogP contribution is -2.05. The zero-order valence-electron chi connectivity index (χ0n) is 14.3. The highest BCUT2D eigenvalue weighted by molar-refractivity contribution is 5.36. The third-order valence-corrected chi connectivity index (χ3v) is 4.87. The molecule has 0 atom stereocenters. The molecule has 1 aromatic carbocycles. The third kappa shape index (κ3) is 5.73. The normalized spacial score (nSPS) is 17.0. The van der Waals surface area contributed by atoms with Crippen LogP contribution in [0.15, 0.2) is 18.2 Å². The van der Waals surface area contributed by atoms with Crippen molar-refractivity contribution in [3.05, 3.63) is 29.3 Å². The first-order chi connectivity index (χ1) is 9.77. The molecule has 1 saturated carbocycles. The van der Waals surface area contributed by atoms with Crippen LogP contribution in [0.25, 0.3) is 0 Å². The summed E-state index contributed by atoms with van der Waals surface area (Å²) in [5.74, 6) is 0.499. The van der Waals surface area contributed by atoms with Crippen LogP contribution >= 0.6 is 0 Å². The molecule has 1 aromatic rings. The van der Waals surface area contributed by atoms with Crippen LogP contribution in [-0.2, 0) is 12.8 Å². The zero-order valence-corrected chi connectivity index (χ0v) is 14.3. The smallest absolute Gasteiger partial charge is 0.119 e. The highest BCUT2D eigenvalue weighted by atomic mass is 16.3. The van der Waals surface area contributed by atoms with Gasteiger partial charge in [0.15, 0.2) is 0 Å². The maximum Gasteiger partial charge on any atom is 0.119 e. The molecule has 1 N–H and O–H groups in total. The zero-order chi connectivity index (χ0) is 15.5. The van der Waals surface area contributed by atoms with Gasteiger partial charge in [-0.3, -0.25) is 0 Å². The second-order valence-corrected chi connectivity index (χ2v) is 8.54. The number of phenolic OH excluding ortho intramolecular Hbond substituents is 1. The van der Waals surface area contributed by atoms with Crippen LogP contribution in [0.5, 0.6) is 5.75 Å². The highest BCUT2D eigenvalue weighted by Gasteiger charge is 2.35. The van der Waals surface area contributed by atoms with Gasteiger partial charge in [0.1, 0.15) is 5.75 Å². The maximum atomic E-state index is 10.2. The first kappa shape index (κ1) is 16.4. The monoisotopic (exact) mass is 288 g/mol. The first-order valence-electron chi connectivity index (χ1n) is 8.58. The SMILES string of the molecule is CC(C)(C)CCCc1ccc(CCCC2(C)CC2)cc1O. The predicted octanol–water partition coefficient (Wildman–Crippen LogP) is 5.88. The van der Waals surface area contributed by atoms with E-state index < -0.39 is 0 Å². The van der Waals surface area contributed by atoms with Gasteiger partial charge < -0.3 is 5.11 Å². The summed E-state index contributed by atoms with van der Waals surface area (Å²) in [6.45, 7) is 9.21. The third-order valence-electron chi connectivity index (χ3n) is 4.87. The lowest BCUT2D eigenvalue weighted by Gasteiger charge is -2.17. The van der Waals surface area contributed by atoms with Gasteiger partial charge in [-0.25, -0.2) is 0 Å². The second kappa shape index (κ2) is 6.42. The molecule has 1 heteroatoms. The summed E-state index contributed by atoms with van der Waals surface area (Å²) in [6, 6.07) is 6.33. The molecule has 0 bridgehead atoms. The van der Waals surface area contributed by atoms with Gasteiger partial charge in [-0.05, 0) is 79.4 Å². The number of aromatic hydroxyl groups is 1. The largest absolute Gasteiger partial charge is 0.508 e. The van der Waals surface area contributed by atoms with E-state index in [2.05, 4.69) is 39.8 Å². The summed E-state index contributed by atoms with van der Waals surface area (Å²) in [5.41, 5.74) is 3.43. The Morgan fingerprint density at radius 3 is 2.38 bits per heavy atom. The van der Waals surface area contributed by atoms with Crippen LogP contribution < -0.4 is 0 Å². The molecule has 1 fully saturated rings. The molecule has 0 unspecified atom stereocenters. The van der Waals surface area contributed by atoms with Gasteiger partial charge in [0.25, 0.3) is 0 Å². The number of hydrogen-bond acceptors (Lipinski definition) is 1. The fraction of sp³-hybridized carbons (Fsp3) is 0.700. The summed E-state index contributed by atoms with van der Waals surface area (Å²) in [6.07, 6.45) is 9.84. The van der Waals surface area contributed by atoms with E-state index in [0.717, 1.165) is 24.8 Å². The van der Waals surface area contributed by atoms with E-state index in [1.165, 1.54) is 37.7 Å². The molecule has 0 aliphatic heterocycles. The quantitative estimate of drug-likeness (QED) is 0.664. The Bertz CT molecular complexity index is 463. The van der Waals surface area contributed by atoms with E-state index in [1.807, 2.05) is 6.07 Å².